The zero-order valence-corrected chi connectivity index (χ0v) is 12.2. The smallest absolute Gasteiger partial charge is 0.326 e. The van der Waals surface area contributed by atoms with Gasteiger partial charge in [-0.05, 0) is 26.9 Å². The molecule has 112 valence electrons. The number of hydrogen-bond acceptors (Lipinski definition) is 4. The van der Waals surface area contributed by atoms with E-state index in [1.807, 2.05) is 19.0 Å². The lowest BCUT2D eigenvalue weighted by atomic mass is 10.1. The van der Waals surface area contributed by atoms with E-state index in [1.165, 1.54) is 4.90 Å². The molecule has 7 heteroatoms. The summed E-state index contributed by atoms with van der Waals surface area (Å²) in [5.41, 5.74) is 0. The second-order valence-corrected chi connectivity index (χ2v) is 4.70. The highest BCUT2D eigenvalue weighted by Crippen LogP contribution is 1.99. The fraction of sp³-hybridized carbons (Fsp3) is 0.833. The van der Waals surface area contributed by atoms with Crippen molar-refractivity contribution in [2.45, 2.75) is 18.9 Å². The molecule has 19 heavy (non-hydrogen) atoms. The molecule has 0 heterocycles. The van der Waals surface area contributed by atoms with Crippen molar-refractivity contribution in [3.05, 3.63) is 0 Å². The van der Waals surface area contributed by atoms with Gasteiger partial charge in [0, 0.05) is 33.9 Å². The fourth-order valence-corrected chi connectivity index (χ4v) is 1.40. The number of aliphatic carboxylic acids is 1. The number of ether oxygens (including phenoxy) is 1. The van der Waals surface area contributed by atoms with Crippen LogP contribution in [0.15, 0.2) is 0 Å². The van der Waals surface area contributed by atoms with Crippen LogP contribution in [0.4, 0.5) is 4.79 Å². The molecule has 1 unspecified atom stereocenters. The molecule has 0 aromatic carbocycles. The zero-order chi connectivity index (χ0) is 14.8. The number of carbonyl (C=O) groups is 2. The summed E-state index contributed by atoms with van der Waals surface area (Å²) in [4.78, 5) is 26.3. The van der Waals surface area contributed by atoms with E-state index >= 15 is 0 Å². The quantitative estimate of drug-likeness (QED) is 0.582. The van der Waals surface area contributed by atoms with Crippen LogP contribution >= 0.6 is 0 Å². The Kier molecular flexibility index (Phi) is 8.90. The first-order chi connectivity index (χ1) is 8.88. The van der Waals surface area contributed by atoms with Gasteiger partial charge in [-0.15, -0.1) is 0 Å². The number of nitrogens with one attached hydrogen (secondary N) is 1. The van der Waals surface area contributed by atoms with Crippen molar-refractivity contribution in [1.82, 2.24) is 15.1 Å². The molecule has 0 aliphatic carbocycles. The van der Waals surface area contributed by atoms with Gasteiger partial charge >= 0.3 is 12.0 Å². The van der Waals surface area contributed by atoms with Crippen LogP contribution in [0.2, 0.25) is 0 Å². The maximum atomic E-state index is 11.8. The fourth-order valence-electron chi connectivity index (χ4n) is 1.40. The van der Waals surface area contributed by atoms with Crippen molar-refractivity contribution in [2.24, 2.45) is 0 Å². The van der Waals surface area contributed by atoms with Gasteiger partial charge in [0.05, 0.1) is 0 Å². The summed E-state index contributed by atoms with van der Waals surface area (Å²) in [6.45, 7) is 1.75. The Morgan fingerprint density at radius 2 is 1.89 bits per heavy atom. The van der Waals surface area contributed by atoms with E-state index in [1.54, 1.807) is 14.2 Å². The first kappa shape index (κ1) is 17.7. The van der Waals surface area contributed by atoms with Crippen LogP contribution in [0.5, 0.6) is 0 Å². The highest BCUT2D eigenvalue weighted by molar-refractivity contribution is 5.82. The maximum absolute atomic E-state index is 11.8. The Bertz CT molecular complexity index is 284. The molecule has 0 rings (SSSR count). The summed E-state index contributed by atoms with van der Waals surface area (Å²) in [5, 5.41) is 11.6. The van der Waals surface area contributed by atoms with Gasteiger partial charge < -0.3 is 25.0 Å². The molecule has 0 aromatic rings. The van der Waals surface area contributed by atoms with Crippen LogP contribution < -0.4 is 5.32 Å². The number of amides is 2. The molecule has 2 N–H and O–H groups in total. The van der Waals surface area contributed by atoms with E-state index in [4.69, 9.17) is 9.84 Å². The first-order valence-electron chi connectivity index (χ1n) is 6.26. The van der Waals surface area contributed by atoms with Crippen LogP contribution in [0, 0.1) is 0 Å². The number of carbonyl (C=O) groups excluding carboxylic acids is 1. The Morgan fingerprint density at radius 3 is 2.37 bits per heavy atom. The van der Waals surface area contributed by atoms with E-state index in [0.29, 0.717) is 26.0 Å². The third kappa shape index (κ3) is 8.39. The zero-order valence-electron chi connectivity index (χ0n) is 12.2. The summed E-state index contributed by atoms with van der Waals surface area (Å²) < 4.78 is 4.87. The van der Waals surface area contributed by atoms with Crippen molar-refractivity contribution in [2.75, 3.05) is 47.9 Å². The van der Waals surface area contributed by atoms with E-state index < -0.39 is 12.0 Å². The summed E-state index contributed by atoms with van der Waals surface area (Å²) in [6, 6.07) is -1.24. The number of rotatable bonds is 9. The Labute approximate surface area is 114 Å². The van der Waals surface area contributed by atoms with Crippen LogP contribution in [-0.4, -0.2) is 80.9 Å². The van der Waals surface area contributed by atoms with Gasteiger partial charge in [0.15, 0.2) is 0 Å². The number of methoxy groups -OCH3 is 1. The second kappa shape index (κ2) is 9.57. The predicted octanol–water partition coefficient (Wildman–Crippen LogP) is 0.0692. The highest BCUT2D eigenvalue weighted by Gasteiger charge is 2.21. The van der Waals surface area contributed by atoms with E-state index in [0.717, 1.165) is 6.54 Å². The standard InChI is InChI=1S/C12H25N3O4/c1-14(2)7-8-15(3)12(18)13-10(11(16)17)6-5-9-19-4/h10H,5-9H2,1-4H3,(H,13,18)(H,16,17). The van der Waals surface area contributed by atoms with Crippen molar-refractivity contribution < 1.29 is 19.4 Å². The number of nitrogens with zero attached hydrogens (tertiary/aromatic N) is 2. The Balaban J connectivity index is 4.18. The minimum Gasteiger partial charge on any atom is -0.480 e. The molecule has 0 fully saturated rings. The molecular formula is C12H25N3O4. The number of likely N-dealkylation sites (N-methyl/N-ethyl adjacent to an activating group) is 2. The number of carboxylic acids is 1. The third-order valence-electron chi connectivity index (χ3n) is 2.67. The highest BCUT2D eigenvalue weighted by atomic mass is 16.5. The lowest BCUT2D eigenvalue weighted by Gasteiger charge is -2.22. The first-order valence-corrected chi connectivity index (χ1v) is 6.26. The lowest BCUT2D eigenvalue weighted by molar-refractivity contribution is -0.139. The second-order valence-electron chi connectivity index (χ2n) is 4.70. The average Bonchev–Trinajstić information content (AvgIpc) is 2.34. The topological polar surface area (TPSA) is 82.1 Å². The molecule has 0 bridgehead atoms. The van der Waals surface area contributed by atoms with Crippen LogP contribution in [-0.2, 0) is 9.53 Å². The molecular weight excluding hydrogens is 250 g/mol. The average molecular weight is 275 g/mol. The van der Waals surface area contributed by atoms with Crippen molar-refractivity contribution >= 4 is 12.0 Å². The molecule has 0 saturated carbocycles. The minimum absolute atomic E-state index is 0.358. The van der Waals surface area contributed by atoms with Crippen LogP contribution in [0.25, 0.3) is 0 Å². The summed E-state index contributed by atoms with van der Waals surface area (Å²) in [7, 11) is 7.03. The van der Waals surface area contributed by atoms with E-state index in [9.17, 15) is 9.59 Å². The monoisotopic (exact) mass is 275 g/mol. The van der Waals surface area contributed by atoms with Gasteiger partial charge in [-0.25, -0.2) is 9.59 Å². The van der Waals surface area contributed by atoms with E-state index in [2.05, 4.69) is 5.32 Å². The summed E-state index contributed by atoms with van der Waals surface area (Å²) in [6.07, 6.45) is 0.950. The molecule has 7 nitrogen and oxygen atoms in total. The summed E-state index contributed by atoms with van der Waals surface area (Å²) in [5.74, 6) is -1.02. The van der Waals surface area contributed by atoms with Gasteiger partial charge in [-0.3, -0.25) is 0 Å². The van der Waals surface area contributed by atoms with Crippen LogP contribution in [0.1, 0.15) is 12.8 Å². The van der Waals surface area contributed by atoms with Gasteiger partial charge in [0.1, 0.15) is 6.04 Å². The number of hydrogen-bond donors (Lipinski definition) is 2. The predicted molar refractivity (Wildman–Crippen MR) is 72.2 cm³/mol. The van der Waals surface area contributed by atoms with Gasteiger partial charge in [0.25, 0.3) is 0 Å². The molecule has 1 atom stereocenters. The molecule has 0 aliphatic rings. The normalized spacial score (nSPS) is 12.3. The largest absolute Gasteiger partial charge is 0.480 e. The molecule has 2 amide bonds. The van der Waals surface area contributed by atoms with Crippen LogP contribution in [0.3, 0.4) is 0 Å². The van der Waals surface area contributed by atoms with E-state index in [-0.39, 0.29) is 6.03 Å². The number of carboxylic acid groups (broad SMARTS) is 1. The minimum atomic E-state index is -1.02. The van der Waals surface area contributed by atoms with Crippen molar-refractivity contribution in [3.63, 3.8) is 0 Å². The lowest BCUT2D eigenvalue weighted by Crippen LogP contribution is -2.48. The van der Waals surface area contributed by atoms with Crippen molar-refractivity contribution in [3.8, 4) is 0 Å². The molecule has 0 aliphatic heterocycles. The van der Waals surface area contributed by atoms with Gasteiger partial charge in [-0.1, -0.05) is 0 Å². The Hall–Kier alpha value is -1.34. The third-order valence-corrected chi connectivity index (χ3v) is 2.67. The number of urea groups is 1. The SMILES string of the molecule is COCCCC(NC(=O)N(C)CCN(C)C)C(=O)O. The molecule has 0 radical (unpaired) electrons. The molecule has 0 saturated heterocycles. The Morgan fingerprint density at radius 1 is 1.26 bits per heavy atom. The van der Waals surface area contributed by atoms with Gasteiger partial charge in [0.2, 0.25) is 0 Å². The molecule has 0 spiro atoms. The maximum Gasteiger partial charge on any atom is 0.326 e. The summed E-state index contributed by atoms with van der Waals surface area (Å²) >= 11 is 0. The molecule has 0 aromatic heterocycles. The van der Waals surface area contributed by atoms with Crippen molar-refractivity contribution in [1.29, 1.82) is 0 Å². The van der Waals surface area contributed by atoms with Gasteiger partial charge in [-0.2, -0.15) is 0 Å².